The van der Waals surface area contributed by atoms with Gasteiger partial charge in [0.15, 0.2) is 0 Å². The third-order valence-corrected chi connectivity index (χ3v) is 4.71. The highest BCUT2D eigenvalue weighted by Crippen LogP contribution is 2.22. The van der Waals surface area contributed by atoms with E-state index in [1.807, 2.05) is 11.0 Å². The molecular weight excluding hydrogens is 349 g/mol. The summed E-state index contributed by atoms with van der Waals surface area (Å²) in [7, 11) is 0. The number of benzene rings is 1. The Balaban J connectivity index is 1.55. The van der Waals surface area contributed by atoms with Crippen molar-refractivity contribution in [2.75, 3.05) is 18.0 Å². The number of aromatic amines is 1. The van der Waals surface area contributed by atoms with E-state index in [9.17, 15) is 14.0 Å². The lowest BCUT2D eigenvalue weighted by Gasteiger charge is -2.34. The molecule has 1 aromatic carbocycles. The van der Waals surface area contributed by atoms with Gasteiger partial charge in [-0.05, 0) is 25.0 Å². The van der Waals surface area contributed by atoms with E-state index in [0.29, 0.717) is 25.2 Å². The second-order valence-electron chi connectivity index (χ2n) is 6.76. The minimum Gasteiger partial charge on any atom is -0.369 e. The second kappa shape index (κ2) is 8.66. The average Bonchev–Trinajstić information content (AvgIpc) is 3.15. The molecule has 2 aromatic rings. The van der Waals surface area contributed by atoms with Gasteiger partial charge in [0.1, 0.15) is 11.9 Å². The molecule has 27 heavy (non-hydrogen) atoms. The lowest BCUT2D eigenvalue weighted by Crippen LogP contribution is -2.52. The Kier molecular flexibility index (Phi) is 6.05. The molecule has 2 heterocycles. The smallest absolute Gasteiger partial charge is 0.243 e. The van der Waals surface area contributed by atoms with Crippen LogP contribution in [0, 0.1) is 5.82 Å². The lowest BCUT2D eigenvalue weighted by atomic mass is 10.0. The van der Waals surface area contributed by atoms with E-state index in [1.165, 1.54) is 19.3 Å². The maximum absolute atomic E-state index is 13.9. The molecule has 1 aliphatic rings. The van der Waals surface area contributed by atoms with Gasteiger partial charge in [-0.15, -0.1) is 0 Å². The number of halogens is 1. The number of rotatable bonds is 6. The Labute approximate surface area is 157 Å². The molecule has 0 aliphatic carbocycles. The Morgan fingerprint density at radius 1 is 1.33 bits per heavy atom. The maximum atomic E-state index is 13.9. The van der Waals surface area contributed by atoms with Crippen LogP contribution in [0.4, 0.5) is 10.1 Å². The average molecular weight is 373 g/mol. The Morgan fingerprint density at radius 3 is 2.70 bits per heavy atom. The van der Waals surface area contributed by atoms with Crippen molar-refractivity contribution in [1.29, 1.82) is 0 Å². The summed E-state index contributed by atoms with van der Waals surface area (Å²) in [4.78, 5) is 33.0. The number of carbonyl (C=O) groups is 2. The molecule has 0 spiro atoms. The first kappa shape index (κ1) is 18.9. The van der Waals surface area contributed by atoms with Gasteiger partial charge in [0, 0.05) is 44.4 Å². The fraction of sp³-hybridized carbons (Fsp3) is 0.421. The molecule has 1 aromatic heterocycles. The van der Waals surface area contributed by atoms with Crippen molar-refractivity contribution >= 4 is 17.5 Å². The van der Waals surface area contributed by atoms with Crippen LogP contribution in [-0.4, -0.2) is 47.0 Å². The number of hydrogen-bond acceptors (Lipinski definition) is 4. The van der Waals surface area contributed by atoms with Gasteiger partial charge < -0.3 is 20.5 Å². The summed E-state index contributed by atoms with van der Waals surface area (Å²) < 4.78 is 13.9. The van der Waals surface area contributed by atoms with Crippen LogP contribution < -0.4 is 15.5 Å². The summed E-state index contributed by atoms with van der Waals surface area (Å²) in [5, 5.41) is 5.71. The number of anilines is 1. The van der Waals surface area contributed by atoms with Crippen molar-refractivity contribution in [3.8, 4) is 0 Å². The van der Waals surface area contributed by atoms with Crippen molar-refractivity contribution in [3.05, 3.63) is 48.3 Å². The van der Waals surface area contributed by atoms with Gasteiger partial charge in [0.25, 0.3) is 0 Å². The predicted molar refractivity (Wildman–Crippen MR) is 99.7 cm³/mol. The number of para-hydroxylation sites is 1. The lowest BCUT2D eigenvalue weighted by molar-refractivity contribution is -0.128. The quantitative estimate of drug-likeness (QED) is 0.714. The first-order valence-electron chi connectivity index (χ1n) is 9.07. The number of aromatic nitrogens is 2. The zero-order valence-corrected chi connectivity index (χ0v) is 15.2. The van der Waals surface area contributed by atoms with Crippen LogP contribution in [-0.2, 0) is 16.0 Å². The van der Waals surface area contributed by atoms with Crippen molar-refractivity contribution in [3.63, 3.8) is 0 Å². The third kappa shape index (κ3) is 5.06. The summed E-state index contributed by atoms with van der Waals surface area (Å²) in [6.45, 7) is 2.72. The number of nitrogens with zero attached hydrogens (tertiary/aromatic N) is 2. The van der Waals surface area contributed by atoms with Crippen LogP contribution in [0.5, 0.6) is 0 Å². The van der Waals surface area contributed by atoms with Gasteiger partial charge >= 0.3 is 0 Å². The third-order valence-electron chi connectivity index (χ3n) is 4.71. The first-order chi connectivity index (χ1) is 13.0. The summed E-state index contributed by atoms with van der Waals surface area (Å²) >= 11 is 0. The van der Waals surface area contributed by atoms with E-state index < -0.39 is 6.04 Å². The van der Waals surface area contributed by atoms with Crippen molar-refractivity contribution in [1.82, 2.24) is 20.6 Å². The number of amides is 2. The van der Waals surface area contributed by atoms with Crippen LogP contribution in [0.2, 0.25) is 0 Å². The molecule has 144 valence electrons. The zero-order chi connectivity index (χ0) is 19.2. The SMILES string of the molecule is CC(=O)N[C@@H](Cc1cnc[nH]1)C(=O)NC1CCN(c2ccccc2F)CC1. The largest absolute Gasteiger partial charge is 0.369 e. The van der Waals surface area contributed by atoms with E-state index in [-0.39, 0.29) is 23.7 Å². The molecule has 1 aliphatic heterocycles. The maximum Gasteiger partial charge on any atom is 0.243 e. The fourth-order valence-electron chi connectivity index (χ4n) is 3.35. The highest BCUT2D eigenvalue weighted by molar-refractivity contribution is 5.87. The van der Waals surface area contributed by atoms with E-state index in [1.54, 1.807) is 18.3 Å². The van der Waals surface area contributed by atoms with Crippen molar-refractivity contribution < 1.29 is 14.0 Å². The van der Waals surface area contributed by atoms with Crippen LogP contribution in [0.1, 0.15) is 25.5 Å². The van der Waals surface area contributed by atoms with Crippen LogP contribution >= 0.6 is 0 Å². The van der Waals surface area contributed by atoms with Gasteiger partial charge in [-0.2, -0.15) is 0 Å². The Hall–Kier alpha value is -2.90. The molecule has 7 nitrogen and oxygen atoms in total. The molecule has 3 N–H and O–H groups in total. The first-order valence-corrected chi connectivity index (χ1v) is 9.07. The minimum atomic E-state index is -0.660. The number of piperidine rings is 1. The van der Waals surface area contributed by atoms with Gasteiger partial charge in [0.05, 0.1) is 12.0 Å². The van der Waals surface area contributed by atoms with Crippen molar-refractivity contribution in [2.45, 2.75) is 38.3 Å². The Morgan fingerprint density at radius 2 is 2.07 bits per heavy atom. The predicted octanol–water partition coefficient (Wildman–Crippen LogP) is 1.38. The van der Waals surface area contributed by atoms with Gasteiger partial charge in [-0.25, -0.2) is 9.37 Å². The number of carbonyl (C=O) groups excluding carboxylic acids is 2. The van der Waals surface area contributed by atoms with E-state index in [4.69, 9.17) is 0 Å². The topological polar surface area (TPSA) is 90.1 Å². The molecule has 2 amide bonds. The molecule has 8 heteroatoms. The highest BCUT2D eigenvalue weighted by Gasteiger charge is 2.26. The van der Waals surface area contributed by atoms with Crippen LogP contribution in [0.15, 0.2) is 36.8 Å². The van der Waals surface area contributed by atoms with E-state index >= 15 is 0 Å². The molecule has 0 bridgehead atoms. The van der Waals surface area contributed by atoms with Gasteiger partial charge in [0.2, 0.25) is 11.8 Å². The molecular formula is C19H24FN5O2. The van der Waals surface area contributed by atoms with Crippen molar-refractivity contribution in [2.24, 2.45) is 0 Å². The fourth-order valence-corrected chi connectivity index (χ4v) is 3.35. The minimum absolute atomic E-state index is 0.00134. The molecule has 1 atom stereocenters. The number of H-pyrrole nitrogens is 1. The number of hydrogen-bond donors (Lipinski definition) is 3. The summed E-state index contributed by atoms with van der Waals surface area (Å²) in [6.07, 6.45) is 4.96. The standard InChI is InChI=1S/C19H24FN5O2/c1-13(26)23-17(10-15-11-21-12-22-15)19(27)24-14-6-8-25(9-7-14)18-5-3-2-4-16(18)20/h2-5,11-12,14,17H,6-10H2,1H3,(H,21,22)(H,23,26)(H,24,27)/t17-/m0/s1. The molecule has 3 rings (SSSR count). The summed E-state index contributed by atoms with van der Waals surface area (Å²) in [6, 6.07) is 6.06. The number of imidazole rings is 1. The summed E-state index contributed by atoms with van der Waals surface area (Å²) in [5.41, 5.74) is 1.37. The summed E-state index contributed by atoms with van der Waals surface area (Å²) in [5.74, 6) is -0.710. The van der Waals surface area contributed by atoms with Gasteiger partial charge in [-0.1, -0.05) is 12.1 Å². The molecule has 0 saturated carbocycles. The monoisotopic (exact) mass is 373 g/mol. The zero-order valence-electron chi connectivity index (χ0n) is 15.2. The molecule has 0 radical (unpaired) electrons. The van der Waals surface area contributed by atoms with Gasteiger partial charge in [-0.3, -0.25) is 9.59 Å². The molecule has 0 unspecified atom stereocenters. The second-order valence-corrected chi connectivity index (χ2v) is 6.76. The van der Waals surface area contributed by atoms with E-state index in [2.05, 4.69) is 20.6 Å². The molecule has 1 fully saturated rings. The van der Waals surface area contributed by atoms with E-state index in [0.717, 1.165) is 18.5 Å². The van der Waals surface area contributed by atoms with Crippen LogP contribution in [0.3, 0.4) is 0 Å². The number of nitrogens with one attached hydrogen (secondary N) is 3. The van der Waals surface area contributed by atoms with Crippen LogP contribution in [0.25, 0.3) is 0 Å². The normalized spacial score (nSPS) is 16.0. The Bertz CT molecular complexity index is 772. The molecule has 1 saturated heterocycles. The highest BCUT2D eigenvalue weighted by atomic mass is 19.1.